The van der Waals surface area contributed by atoms with Gasteiger partial charge < -0.3 is 19.6 Å². The lowest BCUT2D eigenvalue weighted by molar-refractivity contribution is -0.150. The van der Waals surface area contributed by atoms with E-state index in [1.807, 2.05) is 41.3 Å². The number of aliphatic carboxylic acids is 1. The number of ether oxygens (including phenoxy) is 1. The molecule has 1 N–H and O–H groups in total. The van der Waals surface area contributed by atoms with Crippen LogP contribution in [0.15, 0.2) is 36.4 Å². The molecule has 2 atom stereocenters. The van der Waals surface area contributed by atoms with Crippen LogP contribution < -0.4 is 9.64 Å². The molecule has 3 rings (SSSR count). The minimum atomic E-state index is -0.877. The second-order valence-corrected chi connectivity index (χ2v) is 6.51. The number of carbonyl (C=O) groups is 2. The van der Waals surface area contributed by atoms with Gasteiger partial charge in [0.15, 0.2) is 0 Å². The van der Waals surface area contributed by atoms with E-state index < -0.39 is 17.8 Å². The molecule has 6 nitrogen and oxygen atoms in total. The number of allylic oxidation sites excluding steroid dienone is 2. The molecule has 1 amide bonds. The van der Waals surface area contributed by atoms with Gasteiger partial charge in [-0.25, -0.2) is 0 Å². The highest BCUT2D eigenvalue weighted by Crippen LogP contribution is 2.29. The van der Waals surface area contributed by atoms with Gasteiger partial charge >= 0.3 is 5.97 Å². The van der Waals surface area contributed by atoms with Crippen molar-refractivity contribution in [3.05, 3.63) is 36.4 Å². The lowest BCUT2D eigenvalue weighted by atomic mass is 9.82. The van der Waals surface area contributed by atoms with Crippen LogP contribution >= 0.6 is 0 Å². The maximum Gasteiger partial charge on any atom is 0.307 e. The van der Waals surface area contributed by atoms with Crippen LogP contribution in [0.5, 0.6) is 5.75 Å². The van der Waals surface area contributed by atoms with Gasteiger partial charge in [-0.1, -0.05) is 18.2 Å². The fourth-order valence-corrected chi connectivity index (χ4v) is 3.59. The van der Waals surface area contributed by atoms with Gasteiger partial charge in [-0.05, 0) is 25.0 Å². The Morgan fingerprint density at radius 1 is 1.08 bits per heavy atom. The largest absolute Gasteiger partial charge is 0.497 e. The first-order chi connectivity index (χ1) is 12.1. The number of amides is 1. The number of methoxy groups -OCH3 is 1. The Morgan fingerprint density at radius 2 is 1.76 bits per heavy atom. The van der Waals surface area contributed by atoms with Crippen molar-refractivity contribution in [1.82, 2.24) is 4.90 Å². The van der Waals surface area contributed by atoms with Crippen molar-refractivity contribution in [1.29, 1.82) is 0 Å². The SMILES string of the molecule is COc1cccc(N2CCN(C(=O)[C@H]3CC=CC[C@@H]3C(=O)O)CC2)c1. The molecule has 1 heterocycles. The summed E-state index contributed by atoms with van der Waals surface area (Å²) in [7, 11) is 1.65. The maximum absolute atomic E-state index is 12.8. The Labute approximate surface area is 147 Å². The topological polar surface area (TPSA) is 70.1 Å². The number of nitrogens with zero attached hydrogens (tertiary/aromatic N) is 2. The summed E-state index contributed by atoms with van der Waals surface area (Å²) in [5, 5.41) is 9.37. The van der Waals surface area contributed by atoms with Crippen molar-refractivity contribution in [2.45, 2.75) is 12.8 Å². The van der Waals surface area contributed by atoms with E-state index in [2.05, 4.69) is 4.90 Å². The number of carboxylic acid groups (broad SMARTS) is 1. The molecule has 0 saturated carbocycles. The van der Waals surface area contributed by atoms with Gasteiger partial charge in [0.1, 0.15) is 5.75 Å². The molecule has 1 aliphatic carbocycles. The zero-order chi connectivity index (χ0) is 17.8. The maximum atomic E-state index is 12.8. The molecule has 1 aromatic rings. The van der Waals surface area contributed by atoms with E-state index in [1.54, 1.807) is 7.11 Å². The summed E-state index contributed by atoms with van der Waals surface area (Å²) in [6.45, 7) is 2.70. The molecule has 1 aromatic carbocycles. The molecule has 1 aliphatic heterocycles. The van der Waals surface area contributed by atoms with E-state index in [4.69, 9.17) is 4.74 Å². The van der Waals surface area contributed by atoms with E-state index in [-0.39, 0.29) is 5.91 Å². The van der Waals surface area contributed by atoms with E-state index in [0.717, 1.165) is 24.5 Å². The normalized spacial score (nSPS) is 23.4. The first-order valence-corrected chi connectivity index (χ1v) is 8.65. The molecule has 0 radical (unpaired) electrons. The first-order valence-electron chi connectivity index (χ1n) is 8.65. The molecule has 0 aromatic heterocycles. The van der Waals surface area contributed by atoms with Crippen molar-refractivity contribution >= 4 is 17.6 Å². The summed E-state index contributed by atoms with van der Waals surface area (Å²) in [5.74, 6) is -1.13. The first kappa shape index (κ1) is 17.3. The second kappa shape index (κ2) is 7.59. The van der Waals surface area contributed by atoms with Gasteiger partial charge in [0.2, 0.25) is 5.91 Å². The standard InChI is InChI=1S/C19H24N2O4/c1-25-15-6-4-5-14(13-15)20-9-11-21(12-10-20)18(22)16-7-2-3-8-17(16)19(23)24/h2-6,13,16-17H,7-12H2,1H3,(H,23,24)/t16-,17-/m0/s1. The molecule has 134 valence electrons. The molecule has 25 heavy (non-hydrogen) atoms. The van der Waals surface area contributed by atoms with Crippen LogP contribution in [0, 0.1) is 11.8 Å². The fraction of sp³-hybridized carbons (Fsp3) is 0.474. The van der Waals surface area contributed by atoms with Crippen molar-refractivity contribution in [3.63, 3.8) is 0 Å². The molecule has 2 aliphatic rings. The van der Waals surface area contributed by atoms with Crippen molar-refractivity contribution in [2.24, 2.45) is 11.8 Å². The minimum absolute atomic E-state index is 0.0259. The second-order valence-electron chi connectivity index (χ2n) is 6.51. The van der Waals surface area contributed by atoms with Crippen LogP contribution in [-0.4, -0.2) is 55.2 Å². The van der Waals surface area contributed by atoms with Crippen LogP contribution in [0.4, 0.5) is 5.69 Å². The highest BCUT2D eigenvalue weighted by molar-refractivity contribution is 5.85. The highest BCUT2D eigenvalue weighted by Gasteiger charge is 2.37. The summed E-state index contributed by atoms with van der Waals surface area (Å²) in [5.41, 5.74) is 1.08. The third-order valence-corrected chi connectivity index (χ3v) is 5.08. The van der Waals surface area contributed by atoms with Crippen LogP contribution in [-0.2, 0) is 9.59 Å². The van der Waals surface area contributed by atoms with Gasteiger partial charge in [0.05, 0.1) is 18.9 Å². The van der Waals surface area contributed by atoms with Gasteiger partial charge in [0.25, 0.3) is 0 Å². The molecular formula is C19H24N2O4. The molecule has 1 saturated heterocycles. The number of carboxylic acids is 1. The van der Waals surface area contributed by atoms with E-state index in [9.17, 15) is 14.7 Å². The summed E-state index contributed by atoms with van der Waals surface area (Å²) >= 11 is 0. The van der Waals surface area contributed by atoms with Gasteiger partial charge in [0, 0.05) is 37.9 Å². The summed E-state index contributed by atoms with van der Waals surface area (Å²) in [6.07, 6.45) is 4.75. The predicted octanol–water partition coefficient (Wildman–Crippen LogP) is 2.01. The number of hydrogen-bond donors (Lipinski definition) is 1. The third kappa shape index (κ3) is 3.78. The van der Waals surface area contributed by atoms with Crippen molar-refractivity contribution in [2.75, 3.05) is 38.2 Å². The average Bonchev–Trinajstić information content (AvgIpc) is 2.67. The number of piperazine rings is 1. The highest BCUT2D eigenvalue weighted by atomic mass is 16.5. The van der Waals surface area contributed by atoms with Gasteiger partial charge in [-0.15, -0.1) is 0 Å². The Hall–Kier alpha value is -2.50. The molecule has 0 bridgehead atoms. The molecular weight excluding hydrogens is 320 g/mol. The van der Waals surface area contributed by atoms with Crippen LogP contribution in [0.1, 0.15) is 12.8 Å². The summed E-state index contributed by atoms with van der Waals surface area (Å²) in [6, 6.07) is 7.89. The predicted molar refractivity (Wildman–Crippen MR) is 94.8 cm³/mol. The Kier molecular flexibility index (Phi) is 5.26. The summed E-state index contributed by atoms with van der Waals surface area (Å²) in [4.78, 5) is 28.3. The Balaban J connectivity index is 1.62. The average molecular weight is 344 g/mol. The summed E-state index contributed by atoms with van der Waals surface area (Å²) < 4.78 is 5.27. The zero-order valence-corrected chi connectivity index (χ0v) is 14.4. The minimum Gasteiger partial charge on any atom is -0.497 e. The van der Waals surface area contributed by atoms with Crippen LogP contribution in [0.25, 0.3) is 0 Å². The zero-order valence-electron chi connectivity index (χ0n) is 14.4. The number of carbonyl (C=O) groups excluding carboxylic acids is 1. The van der Waals surface area contributed by atoms with Crippen molar-refractivity contribution in [3.8, 4) is 5.75 Å². The number of rotatable bonds is 4. The molecule has 1 fully saturated rings. The van der Waals surface area contributed by atoms with E-state index in [1.165, 1.54) is 0 Å². The smallest absolute Gasteiger partial charge is 0.307 e. The Morgan fingerprint density at radius 3 is 2.40 bits per heavy atom. The number of benzene rings is 1. The van der Waals surface area contributed by atoms with Gasteiger partial charge in [-0.2, -0.15) is 0 Å². The number of hydrogen-bond acceptors (Lipinski definition) is 4. The monoisotopic (exact) mass is 344 g/mol. The number of anilines is 1. The lowest BCUT2D eigenvalue weighted by Crippen LogP contribution is -2.52. The van der Waals surface area contributed by atoms with Crippen molar-refractivity contribution < 1.29 is 19.4 Å². The van der Waals surface area contributed by atoms with E-state index >= 15 is 0 Å². The molecule has 0 unspecified atom stereocenters. The fourth-order valence-electron chi connectivity index (χ4n) is 3.59. The lowest BCUT2D eigenvalue weighted by Gasteiger charge is -2.38. The Bertz CT molecular complexity index is 665. The van der Waals surface area contributed by atoms with Gasteiger partial charge in [-0.3, -0.25) is 9.59 Å². The molecule has 6 heteroatoms. The van der Waals surface area contributed by atoms with E-state index in [0.29, 0.717) is 25.9 Å². The molecule has 0 spiro atoms. The third-order valence-electron chi connectivity index (χ3n) is 5.08. The van der Waals surface area contributed by atoms with Crippen LogP contribution in [0.2, 0.25) is 0 Å². The van der Waals surface area contributed by atoms with Crippen LogP contribution in [0.3, 0.4) is 0 Å². The quantitative estimate of drug-likeness (QED) is 0.846.